The Morgan fingerprint density at radius 3 is 2.87 bits per heavy atom. The Morgan fingerprint density at radius 1 is 1.30 bits per heavy atom. The van der Waals surface area contributed by atoms with Gasteiger partial charge in [-0.25, -0.2) is 4.79 Å². The first-order valence-electron chi connectivity index (χ1n) is 10.1. The number of ketones is 1. The van der Waals surface area contributed by atoms with E-state index in [9.17, 15) is 9.59 Å². The Hall–Kier alpha value is -1.83. The quantitative estimate of drug-likeness (QED) is 0.440. The number of thiophene rings is 2. The predicted octanol–water partition coefficient (Wildman–Crippen LogP) is 5.47. The first-order chi connectivity index (χ1) is 14.6. The van der Waals surface area contributed by atoms with Gasteiger partial charge in [0.25, 0.3) is 0 Å². The van der Waals surface area contributed by atoms with Crippen molar-refractivity contribution in [1.82, 2.24) is 5.32 Å². The van der Waals surface area contributed by atoms with E-state index in [1.807, 2.05) is 29.8 Å². The first kappa shape index (κ1) is 21.4. The number of carbonyl (C=O) groups is 2. The molecule has 0 radical (unpaired) electrons. The van der Waals surface area contributed by atoms with Crippen LogP contribution in [-0.2, 0) is 14.3 Å². The summed E-state index contributed by atoms with van der Waals surface area (Å²) in [7, 11) is 0. The van der Waals surface area contributed by atoms with Gasteiger partial charge in [-0.05, 0) is 52.9 Å². The number of dihydropyridines is 1. The minimum atomic E-state index is -0.351. The molecule has 1 aliphatic heterocycles. The van der Waals surface area contributed by atoms with Crippen LogP contribution in [-0.4, -0.2) is 29.9 Å². The van der Waals surface area contributed by atoms with Gasteiger partial charge in [0.2, 0.25) is 0 Å². The number of Topliss-reactive ketones (excluding diaryl/α,β-unsaturated/α-hetero) is 1. The average molecular weight is 460 g/mol. The molecular weight excluding hydrogens is 434 g/mol. The van der Waals surface area contributed by atoms with Gasteiger partial charge < -0.3 is 10.1 Å². The molecule has 0 fully saturated rings. The van der Waals surface area contributed by atoms with Crippen LogP contribution in [0.15, 0.2) is 56.9 Å². The Morgan fingerprint density at radius 2 is 2.17 bits per heavy atom. The predicted molar refractivity (Wildman–Crippen MR) is 125 cm³/mol. The van der Waals surface area contributed by atoms with Gasteiger partial charge in [-0.15, -0.1) is 11.3 Å². The van der Waals surface area contributed by atoms with Gasteiger partial charge in [0.15, 0.2) is 5.78 Å². The van der Waals surface area contributed by atoms with E-state index in [1.165, 1.54) is 4.88 Å². The molecule has 4 nitrogen and oxygen atoms in total. The molecule has 1 N–H and O–H groups in total. The standard InChI is InChI=1S/C23H25NO3S3/c1-3-28-10-7-27-23(26)20-14(2)24-17-11-16(19-5-4-8-30-19)12-18(25)22(17)21(20)15-6-9-29-13-15/h4-6,8-9,13,16,21,24H,3,7,10-12H2,1-2H3. The van der Waals surface area contributed by atoms with Crippen molar-refractivity contribution in [1.29, 1.82) is 0 Å². The maximum Gasteiger partial charge on any atom is 0.336 e. The van der Waals surface area contributed by atoms with E-state index in [0.717, 1.165) is 40.5 Å². The molecule has 4 rings (SSSR count). The molecule has 0 spiro atoms. The average Bonchev–Trinajstić information content (AvgIpc) is 3.44. The van der Waals surface area contributed by atoms with Gasteiger partial charge in [-0.2, -0.15) is 23.1 Å². The summed E-state index contributed by atoms with van der Waals surface area (Å²) in [5.74, 6) is 1.41. The molecule has 0 aromatic carbocycles. The summed E-state index contributed by atoms with van der Waals surface area (Å²) in [5.41, 5.74) is 4.04. The van der Waals surface area contributed by atoms with Crippen LogP contribution in [0, 0.1) is 0 Å². The van der Waals surface area contributed by atoms with Gasteiger partial charge in [-0.3, -0.25) is 4.79 Å². The van der Waals surface area contributed by atoms with Crippen LogP contribution in [0.25, 0.3) is 0 Å². The van der Waals surface area contributed by atoms with E-state index in [1.54, 1.807) is 34.4 Å². The highest BCUT2D eigenvalue weighted by Gasteiger charge is 2.41. The van der Waals surface area contributed by atoms with Crippen molar-refractivity contribution >= 4 is 46.2 Å². The summed E-state index contributed by atoms with van der Waals surface area (Å²) in [5, 5.41) is 9.49. The van der Waals surface area contributed by atoms with Crippen molar-refractivity contribution < 1.29 is 14.3 Å². The number of rotatable bonds is 7. The zero-order chi connectivity index (χ0) is 21.1. The summed E-state index contributed by atoms with van der Waals surface area (Å²) < 4.78 is 5.59. The molecule has 0 saturated heterocycles. The topological polar surface area (TPSA) is 55.4 Å². The second kappa shape index (κ2) is 9.54. The lowest BCUT2D eigenvalue weighted by Crippen LogP contribution is -2.36. The lowest BCUT2D eigenvalue weighted by molar-refractivity contribution is -0.138. The molecule has 2 unspecified atom stereocenters. The maximum absolute atomic E-state index is 13.3. The van der Waals surface area contributed by atoms with Crippen LogP contribution in [0.1, 0.15) is 49.0 Å². The first-order valence-corrected chi connectivity index (χ1v) is 13.1. The number of hydrogen-bond donors (Lipinski definition) is 1. The molecule has 0 saturated carbocycles. The third-order valence-electron chi connectivity index (χ3n) is 5.53. The highest BCUT2D eigenvalue weighted by molar-refractivity contribution is 7.99. The number of thioether (sulfide) groups is 1. The third-order valence-corrected chi connectivity index (χ3v) is 8.13. The lowest BCUT2D eigenvalue weighted by atomic mass is 9.73. The van der Waals surface area contributed by atoms with Crippen LogP contribution in [0.3, 0.4) is 0 Å². The van der Waals surface area contributed by atoms with Gasteiger partial charge in [0.05, 0.1) is 5.57 Å². The number of nitrogens with one attached hydrogen (secondary N) is 1. The Kier molecular flexibility index (Phi) is 6.80. The fourth-order valence-corrected chi connectivity index (χ4v) is 6.23. The number of allylic oxidation sites excluding steroid dienone is 3. The van der Waals surface area contributed by atoms with Gasteiger partial charge >= 0.3 is 5.97 Å². The number of hydrogen-bond acceptors (Lipinski definition) is 7. The van der Waals surface area contributed by atoms with Gasteiger partial charge in [-0.1, -0.05) is 13.0 Å². The van der Waals surface area contributed by atoms with Crippen molar-refractivity contribution in [3.8, 4) is 0 Å². The molecule has 30 heavy (non-hydrogen) atoms. The fourth-order valence-electron chi connectivity index (χ4n) is 4.22. The second-order valence-corrected chi connectivity index (χ2v) is 10.6. The number of ether oxygens (including phenoxy) is 1. The fraction of sp³-hybridized carbons (Fsp3) is 0.391. The van der Waals surface area contributed by atoms with Crippen molar-refractivity contribution in [2.45, 2.75) is 38.5 Å². The highest BCUT2D eigenvalue weighted by Crippen LogP contribution is 2.46. The molecule has 0 bridgehead atoms. The van der Waals surface area contributed by atoms with Crippen LogP contribution in [0.4, 0.5) is 0 Å². The Balaban J connectivity index is 1.66. The number of esters is 1. The molecular formula is C23H25NO3S3. The van der Waals surface area contributed by atoms with Crippen LogP contribution >= 0.6 is 34.4 Å². The molecule has 7 heteroatoms. The summed E-state index contributed by atoms with van der Waals surface area (Å²) in [6.45, 7) is 4.38. The van der Waals surface area contributed by atoms with Crippen molar-refractivity contribution in [2.75, 3.05) is 18.1 Å². The monoisotopic (exact) mass is 459 g/mol. The Labute approximate surface area is 189 Å². The van der Waals surface area contributed by atoms with Crippen LogP contribution in [0.5, 0.6) is 0 Å². The van der Waals surface area contributed by atoms with Gasteiger partial charge in [0, 0.05) is 45.9 Å². The van der Waals surface area contributed by atoms with Crippen molar-refractivity contribution in [3.63, 3.8) is 0 Å². The van der Waals surface area contributed by atoms with Gasteiger partial charge in [0.1, 0.15) is 6.61 Å². The smallest absolute Gasteiger partial charge is 0.336 e. The van der Waals surface area contributed by atoms with E-state index in [-0.39, 0.29) is 23.6 Å². The summed E-state index contributed by atoms with van der Waals surface area (Å²) in [4.78, 5) is 27.6. The molecule has 0 amide bonds. The molecule has 2 aliphatic rings. The largest absolute Gasteiger partial charge is 0.461 e. The van der Waals surface area contributed by atoms with Crippen molar-refractivity contribution in [2.24, 2.45) is 0 Å². The van der Waals surface area contributed by atoms with E-state index < -0.39 is 0 Å². The minimum Gasteiger partial charge on any atom is -0.461 e. The van der Waals surface area contributed by atoms with Crippen molar-refractivity contribution in [3.05, 3.63) is 67.3 Å². The van der Waals surface area contributed by atoms with E-state index >= 15 is 0 Å². The second-order valence-electron chi connectivity index (χ2n) is 7.42. The van der Waals surface area contributed by atoms with E-state index in [4.69, 9.17) is 4.74 Å². The summed E-state index contributed by atoms with van der Waals surface area (Å²) in [6, 6.07) is 6.15. The number of carbonyl (C=O) groups excluding carboxylic acids is 2. The molecule has 2 atom stereocenters. The van der Waals surface area contributed by atoms with E-state index in [0.29, 0.717) is 18.6 Å². The molecule has 158 valence electrons. The lowest BCUT2D eigenvalue weighted by Gasteiger charge is -2.36. The zero-order valence-electron chi connectivity index (χ0n) is 17.1. The SMILES string of the molecule is CCSCCOC(=O)C1=C(C)NC2=C(C(=O)CC(c3cccs3)C2)C1c1ccsc1. The molecule has 2 aromatic heterocycles. The van der Waals surface area contributed by atoms with Crippen LogP contribution in [0.2, 0.25) is 0 Å². The normalized spacial score (nSPS) is 21.5. The third kappa shape index (κ3) is 4.29. The highest BCUT2D eigenvalue weighted by atomic mass is 32.2. The minimum absolute atomic E-state index is 0.123. The summed E-state index contributed by atoms with van der Waals surface area (Å²) in [6.07, 6.45) is 1.27. The Bertz CT molecular complexity index is 974. The van der Waals surface area contributed by atoms with E-state index in [2.05, 4.69) is 23.7 Å². The molecule has 1 aliphatic carbocycles. The van der Waals surface area contributed by atoms with Crippen LogP contribution < -0.4 is 5.32 Å². The summed E-state index contributed by atoms with van der Waals surface area (Å²) >= 11 is 5.02. The molecule has 3 heterocycles. The zero-order valence-corrected chi connectivity index (χ0v) is 19.6. The molecule has 2 aromatic rings. The maximum atomic E-state index is 13.3.